The molecule has 0 unspecified atom stereocenters. The first-order valence-electron chi connectivity index (χ1n) is 10.7. The van der Waals surface area contributed by atoms with Crippen LogP contribution in [0.2, 0.25) is 0 Å². The molecule has 2 aromatic carbocycles. The lowest BCUT2D eigenvalue weighted by Gasteiger charge is -2.25. The Morgan fingerprint density at radius 3 is 2.68 bits per heavy atom. The Morgan fingerprint density at radius 2 is 1.94 bits per heavy atom. The molecule has 1 aliphatic heterocycles. The summed E-state index contributed by atoms with van der Waals surface area (Å²) < 4.78 is 11.7. The van der Waals surface area contributed by atoms with Crippen molar-refractivity contribution in [2.24, 2.45) is 0 Å². The minimum Gasteiger partial charge on any atom is -0.488 e. The monoisotopic (exact) mass is 420 g/mol. The molecule has 1 fully saturated rings. The van der Waals surface area contributed by atoms with E-state index in [1.165, 1.54) is 0 Å². The molecule has 3 aromatic rings. The second-order valence-corrected chi connectivity index (χ2v) is 8.14. The Balaban J connectivity index is 1.71. The van der Waals surface area contributed by atoms with E-state index >= 15 is 0 Å². The summed E-state index contributed by atoms with van der Waals surface area (Å²) in [4.78, 5) is 16.4. The van der Waals surface area contributed by atoms with Crippen molar-refractivity contribution in [1.29, 1.82) is 0 Å². The molecule has 31 heavy (non-hydrogen) atoms. The molecule has 0 amide bonds. The maximum absolute atomic E-state index is 11.6. The summed E-state index contributed by atoms with van der Waals surface area (Å²) in [5, 5.41) is 13.9. The molecule has 6 heteroatoms. The van der Waals surface area contributed by atoms with Gasteiger partial charge in [-0.1, -0.05) is 18.2 Å². The van der Waals surface area contributed by atoms with Gasteiger partial charge in [0, 0.05) is 30.0 Å². The van der Waals surface area contributed by atoms with Gasteiger partial charge in [0.15, 0.2) is 0 Å². The van der Waals surface area contributed by atoms with Crippen LogP contribution in [0.1, 0.15) is 53.0 Å². The summed E-state index contributed by atoms with van der Waals surface area (Å²) in [5.41, 5.74) is 4.78. The molecule has 1 saturated heterocycles. The van der Waals surface area contributed by atoms with Crippen LogP contribution < -0.4 is 10.1 Å². The number of nitrogens with one attached hydrogen (secondary N) is 1. The number of aryl methyl sites for hydroxylation is 2. The number of rotatable bonds is 6. The lowest BCUT2D eigenvalue weighted by molar-refractivity contribution is 0.0252. The summed E-state index contributed by atoms with van der Waals surface area (Å²) in [6.45, 7) is 7.50. The van der Waals surface area contributed by atoms with Gasteiger partial charge in [0.05, 0.1) is 30.0 Å². The molecule has 0 aliphatic carbocycles. The first-order chi connectivity index (χ1) is 14.9. The molecule has 0 radical (unpaired) electrons. The van der Waals surface area contributed by atoms with Crippen LogP contribution in [0, 0.1) is 13.8 Å². The Bertz CT molecular complexity index is 1110. The zero-order valence-corrected chi connectivity index (χ0v) is 18.1. The number of anilines is 1. The lowest BCUT2D eigenvalue weighted by Crippen LogP contribution is -2.26. The van der Waals surface area contributed by atoms with Crippen LogP contribution in [-0.4, -0.2) is 35.4 Å². The van der Waals surface area contributed by atoms with Gasteiger partial charge in [-0.3, -0.25) is 0 Å². The zero-order valence-electron chi connectivity index (χ0n) is 18.1. The standard InChI is InChI=1S/C25H28N2O4/c1-15-12-20(16(2)26-22-7-5-4-6-19(22)25(28)29)21-14-24(17(3)27-23(21)13-15)31-18-8-10-30-11-9-18/h4-7,12-14,16,18,26H,8-11H2,1-3H3,(H,28,29)/t16-/m1/s1. The van der Waals surface area contributed by atoms with Crippen molar-refractivity contribution in [3.8, 4) is 5.75 Å². The third-order valence-corrected chi connectivity index (χ3v) is 5.71. The number of aromatic nitrogens is 1. The zero-order chi connectivity index (χ0) is 22.0. The lowest BCUT2D eigenvalue weighted by atomic mass is 9.98. The molecule has 1 aliphatic rings. The number of nitrogens with zero attached hydrogens (tertiary/aromatic N) is 1. The SMILES string of the molecule is Cc1cc([C@@H](C)Nc2ccccc2C(=O)O)c2cc(OC3CCOCC3)c(C)nc2c1. The molecule has 0 spiro atoms. The average Bonchev–Trinajstić information content (AvgIpc) is 2.75. The van der Waals surface area contributed by atoms with Gasteiger partial charge < -0.3 is 19.9 Å². The smallest absolute Gasteiger partial charge is 0.337 e. The Morgan fingerprint density at radius 1 is 1.19 bits per heavy atom. The molecular formula is C25H28N2O4. The normalized spacial score (nSPS) is 15.6. The average molecular weight is 421 g/mol. The van der Waals surface area contributed by atoms with E-state index in [9.17, 15) is 9.90 Å². The maximum atomic E-state index is 11.6. The first-order valence-corrected chi connectivity index (χ1v) is 10.7. The topological polar surface area (TPSA) is 80.7 Å². The molecule has 0 bridgehead atoms. The van der Waals surface area contributed by atoms with Crippen molar-refractivity contribution in [3.63, 3.8) is 0 Å². The molecule has 6 nitrogen and oxygen atoms in total. The van der Waals surface area contributed by atoms with E-state index in [2.05, 4.69) is 23.5 Å². The van der Waals surface area contributed by atoms with E-state index in [4.69, 9.17) is 14.5 Å². The number of carboxylic acids is 1. The number of pyridine rings is 1. The third kappa shape index (κ3) is 4.64. The van der Waals surface area contributed by atoms with Crippen LogP contribution in [0.5, 0.6) is 5.75 Å². The van der Waals surface area contributed by atoms with Crippen LogP contribution in [0.25, 0.3) is 10.9 Å². The van der Waals surface area contributed by atoms with E-state index in [1.54, 1.807) is 18.2 Å². The molecule has 1 aromatic heterocycles. The highest BCUT2D eigenvalue weighted by Gasteiger charge is 2.19. The predicted octanol–water partition coefficient (Wildman–Crippen LogP) is 5.28. The molecule has 162 valence electrons. The number of benzene rings is 2. The predicted molar refractivity (Wildman–Crippen MR) is 121 cm³/mol. The van der Waals surface area contributed by atoms with Crippen LogP contribution in [0.3, 0.4) is 0 Å². The van der Waals surface area contributed by atoms with Gasteiger partial charge in [0.2, 0.25) is 0 Å². The van der Waals surface area contributed by atoms with E-state index in [0.717, 1.165) is 59.5 Å². The fourth-order valence-corrected chi connectivity index (χ4v) is 4.08. The highest BCUT2D eigenvalue weighted by molar-refractivity contribution is 5.94. The molecule has 1 atom stereocenters. The van der Waals surface area contributed by atoms with Crippen molar-refractivity contribution in [2.75, 3.05) is 18.5 Å². The molecular weight excluding hydrogens is 392 g/mol. The second-order valence-electron chi connectivity index (χ2n) is 8.14. The van der Waals surface area contributed by atoms with Crippen molar-refractivity contribution in [3.05, 3.63) is 64.8 Å². The van der Waals surface area contributed by atoms with E-state index in [0.29, 0.717) is 5.69 Å². The summed E-state index contributed by atoms with van der Waals surface area (Å²) in [6.07, 6.45) is 1.89. The molecule has 4 rings (SSSR count). The van der Waals surface area contributed by atoms with Gasteiger partial charge in [-0.2, -0.15) is 0 Å². The quantitative estimate of drug-likeness (QED) is 0.565. The number of hydrogen-bond donors (Lipinski definition) is 2. The van der Waals surface area contributed by atoms with Crippen LogP contribution in [0.15, 0.2) is 42.5 Å². The highest BCUT2D eigenvalue weighted by Crippen LogP contribution is 2.33. The number of para-hydroxylation sites is 1. The number of ether oxygens (including phenoxy) is 2. The summed E-state index contributed by atoms with van der Waals surface area (Å²) >= 11 is 0. The Labute approximate surface area is 182 Å². The van der Waals surface area contributed by atoms with Gasteiger partial charge in [0.25, 0.3) is 0 Å². The van der Waals surface area contributed by atoms with Crippen molar-refractivity contribution in [1.82, 2.24) is 4.98 Å². The highest BCUT2D eigenvalue weighted by atomic mass is 16.5. The number of aromatic carboxylic acids is 1. The molecule has 2 heterocycles. The van der Waals surface area contributed by atoms with Gasteiger partial charge in [-0.25, -0.2) is 9.78 Å². The summed E-state index contributed by atoms with van der Waals surface area (Å²) in [7, 11) is 0. The Kier molecular flexibility index (Phi) is 6.09. The number of hydrogen-bond acceptors (Lipinski definition) is 5. The largest absolute Gasteiger partial charge is 0.488 e. The van der Waals surface area contributed by atoms with E-state index in [1.807, 2.05) is 26.8 Å². The minimum atomic E-state index is -0.950. The van der Waals surface area contributed by atoms with Gasteiger partial charge in [-0.05, 0) is 56.2 Å². The summed E-state index contributed by atoms with van der Waals surface area (Å²) in [5.74, 6) is -0.156. The van der Waals surface area contributed by atoms with Gasteiger partial charge in [0.1, 0.15) is 11.9 Å². The fraction of sp³-hybridized carbons (Fsp3) is 0.360. The third-order valence-electron chi connectivity index (χ3n) is 5.71. The molecule has 0 saturated carbocycles. The van der Waals surface area contributed by atoms with Crippen LogP contribution in [-0.2, 0) is 4.74 Å². The van der Waals surface area contributed by atoms with Crippen LogP contribution >= 0.6 is 0 Å². The number of carboxylic acid groups (broad SMARTS) is 1. The van der Waals surface area contributed by atoms with Crippen LogP contribution in [0.4, 0.5) is 5.69 Å². The van der Waals surface area contributed by atoms with E-state index in [-0.39, 0.29) is 17.7 Å². The van der Waals surface area contributed by atoms with Crippen molar-refractivity contribution in [2.45, 2.75) is 45.8 Å². The number of fused-ring (bicyclic) bond motifs is 1. The maximum Gasteiger partial charge on any atom is 0.337 e. The van der Waals surface area contributed by atoms with Crippen molar-refractivity contribution < 1.29 is 19.4 Å². The first kappa shape index (κ1) is 21.1. The Hall–Kier alpha value is -3.12. The second kappa shape index (κ2) is 8.94. The molecule has 2 N–H and O–H groups in total. The van der Waals surface area contributed by atoms with Gasteiger partial charge >= 0.3 is 5.97 Å². The van der Waals surface area contributed by atoms with E-state index < -0.39 is 5.97 Å². The summed E-state index contributed by atoms with van der Waals surface area (Å²) in [6, 6.07) is 13.1. The fourth-order valence-electron chi connectivity index (χ4n) is 4.08. The number of carbonyl (C=O) groups is 1. The minimum absolute atomic E-state index is 0.122. The van der Waals surface area contributed by atoms with Crippen molar-refractivity contribution >= 4 is 22.6 Å². The van der Waals surface area contributed by atoms with Gasteiger partial charge in [-0.15, -0.1) is 0 Å².